The molecule has 0 amide bonds. The summed E-state index contributed by atoms with van der Waals surface area (Å²) in [6.45, 7) is 12.2. The minimum atomic E-state index is -0.719. The normalized spacial score (nSPS) is 19.6. The molecule has 0 saturated heterocycles. The van der Waals surface area contributed by atoms with Crippen molar-refractivity contribution >= 4 is 5.71 Å². The van der Waals surface area contributed by atoms with E-state index < -0.39 is 5.60 Å². The summed E-state index contributed by atoms with van der Waals surface area (Å²) in [4.78, 5) is 4.53. The van der Waals surface area contributed by atoms with Crippen LogP contribution in [0, 0.1) is 5.92 Å². The van der Waals surface area contributed by atoms with Crippen LogP contribution in [0.3, 0.4) is 0 Å². The molecule has 0 rings (SSSR count). The number of aliphatic hydroxyl groups is 1. The lowest BCUT2D eigenvalue weighted by Gasteiger charge is -2.31. The maximum absolute atomic E-state index is 10.4. The number of rotatable bonds is 5. The Hall–Kier alpha value is -0.370. The summed E-state index contributed by atoms with van der Waals surface area (Å²) in [6, 6.07) is 0.312. The highest BCUT2D eigenvalue weighted by atomic mass is 16.3. The van der Waals surface area contributed by atoms with Gasteiger partial charge in [0.15, 0.2) is 0 Å². The molecule has 0 heterocycles. The monoisotopic (exact) mass is 199 g/mol. The molecule has 0 aliphatic rings. The Morgan fingerprint density at radius 2 is 1.79 bits per heavy atom. The highest BCUT2D eigenvalue weighted by Crippen LogP contribution is 2.23. The van der Waals surface area contributed by atoms with Crippen molar-refractivity contribution in [3.05, 3.63) is 0 Å². The molecule has 1 N–H and O–H groups in total. The van der Waals surface area contributed by atoms with Crippen LogP contribution in [0.2, 0.25) is 0 Å². The molecule has 14 heavy (non-hydrogen) atoms. The summed E-state index contributed by atoms with van der Waals surface area (Å²) >= 11 is 0. The van der Waals surface area contributed by atoms with E-state index in [4.69, 9.17) is 0 Å². The summed E-state index contributed by atoms with van der Waals surface area (Å²) in [5.41, 5.74) is 0.160. The van der Waals surface area contributed by atoms with Crippen molar-refractivity contribution in [3.8, 4) is 0 Å². The average Bonchev–Trinajstić information content (AvgIpc) is 2.15. The van der Waals surface area contributed by atoms with E-state index >= 15 is 0 Å². The largest absolute Gasteiger partial charge is 0.384 e. The molecule has 0 aromatic rings. The summed E-state index contributed by atoms with van der Waals surface area (Å²) in [5.74, 6) is 0.223. The number of nitrogens with zero attached hydrogens (tertiary/aromatic N) is 1. The van der Waals surface area contributed by atoms with E-state index in [1.54, 1.807) is 0 Å². The molecule has 84 valence electrons. The fourth-order valence-corrected chi connectivity index (χ4v) is 1.62. The van der Waals surface area contributed by atoms with E-state index in [0.717, 1.165) is 18.6 Å². The second-order valence-corrected chi connectivity index (χ2v) is 4.40. The predicted octanol–water partition coefficient (Wildman–Crippen LogP) is 3.04. The van der Waals surface area contributed by atoms with Crippen LogP contribution in [0.25, 0.3) is 0 Å². The van der Waals surface area contributed by atoms with Crippen molar-refractivity contribution in [1.82, 2.24) is 0 Å². The van der Waals surface area contributed by atoms with Crippen LogP contribution in [-0.2, 0) is 0 Å². The van der Waals surface area contributed by atoms with Gasteiger partial charge in [-0.05, 0) is 32.6 Å². The van der Waals surface area contributed by atoms with Crippen molar-refractivity contribution in [3.63, 3.8) is 0 Å². The smallest absolute Gasteiger partial charge is 0.104 e. The first-order valence-corrected chi connectivity index (χ1v) is 5.65. The molecule has 0 bridgehead atoms. The lowest BCUT2D eigenvalue weighted by atomic mass is 9.83. The molecular formula is C12H25NO. The molecule has 0 aliphatic heterocycles. The lowest BCUT2D eigenvalue weighted by Crippen LogP contribution is -2.42. The topological polar surface area (TPSA) is 32.6 Å². The highest BCUT2D eigenvalue weighted by molar-refractivity contribution is 5.90. The molecule has 0 fully saturated rings. The zero-order valence-corrected chi connectivity index (χ0v) is 10.5. The molecule has 0 radical (unpaired) electrons. The zero-order valence-electron chi connectivity index (χ0n) is 10.5. The molecular weight excluding hydrogens is 174 g/mol. The van der Waals surface area contributed by atoms with Gasteiger partial charge < -0.3 is 5.11 Å². The van der Waals surface area contributed by atoms with Crippen molar-refractivity contribution < 1.29 is 5.11 Å². The minimum Gasteiger partial charge on any atom is -0.384 e. The Balaban J connectivity index is 4.77. The van der Waals surface area contributed by atoms with Gasteiger partial charge in [-0.3, -0.25) is 4.99 Å². The Kier molecular flexibility index (Phi) is 5.35. The van der Waals surface area contributed by atoms with Gasteiger partial charge in [-0.2, -0.15) is 0 Å². The summed E-state index contributed by atoms with van der Waals surface area (Å²) in [6.07, 6.45) is 1.76. The first-order valence-electron chi connectivity index (χ1n) is 5.65. The molecule has 0 saturated carbocycles. The van der Waals surface area contributed by atoms with Crippen LogP contribution in [0.4, 0.5) is 0 Å². The van der Waals surface area contributed by atoms with Crippen molar-refractivity contribution in [2.75, 3.05) is 0 Å². The molecule has 0 spiro atoms. The molecule has 2 nitrogen and oxygen atoms in total. The van der Waals surface area contributed by atoms with Crippen molar-refractivity contribution in [1.29, 1.82) is 0 Å². The quantitative estimate of drug-likeness (QED) is 0.678. The van der Waals surface area contributed by atoms with E-state index in [1.165, 1.54) is 0 Å². The van der Waals surface area contributed by atoms with Gasteiger partial charge in [0.1, 0.15) is 5.60 Å². The van der Waals surface area contributed by atoms with Crippen LogP contribution in [-0.4, -0.2) is 22.5 Å². The third-order valence-electron chi connectivity index (χ3n) is 3.13. The van der Waals surface area contributed by atoms with Gasteiger partial charge in [0.25, 0.3) is 0 Å². The Morgan fingerprint density at radius 1 is 1.29 bits per heavy atom. The average molecular weight is 199 g/mol. The number of hydrogen-bond acceptors (Lipinski definition) is 2. The van der Waals surface area contributed by atoms with Gasteiger partial charge in [0.05, 0.1) is 0 Å². The van der Waals surface area contributed by atoms with E-state index in [2.05, 4.69) is 18.8 Å². The van der Waals surface area contributed by atoms with Crippen LogP contribution in [0.15, 0.2) is 4.99 Å². The SMILES string of the molecule is CCC(C)N=C(C)C(O)(CC)C(C)C. The van der Waals surface area contributed by atoms with Gasteiger partial charge >= 0.3 is 0 Å². The maximum atomic E-state index is 10.4. The lowest BCUT2D eigenvalue weighted by molar-refractivity contribution is 0.0587. The standard InChI is InChI=1S/C12H25NO/c1-7-10(5)13-11(6)12(14,8-2)9(3)4/h9-10,14H,7-8H2,1-6H3. The van der Waals surface area contributed by atoms with Gasteiger partial charge in [-0.25, -0.2) is 0 Å². The third-order valence-corrected chi connectivity index (χ3v) is 3.13. The first kappa shape index (κ1) is 13.6. The Bertz CT molecular complexity index is 198. The Labute approximate surface area is 88.4 Å². The zero-order chi connectivity index (χ0) is 11.4. The number of aliphatic imine (C=N–C) groups is 1. The predicted molar refractivity (Wildman–Crippen MR) is 62.9 cm³/mol. The fraction of sp³-hybridized carbons (Fsp3) is 0.917. The fourth-order valence-electron chi connectivity index (χ4n) is 1.62. The second-order valence-electron chi connectivity index (χ2n) is 4.40. The number of hydrogen-bond donors (Lipinski definition) is 1. The van der Waals surface area contributed by atoms with Crippen LogP contribution < -0.4 is 0 Å². The summed E-state index contributed by atoms with van der Waals surface area (Å²) in [7, 11) is 0. The van der Waals surface area contributed by atoms with Crippen LogP contribution >= 0.6 is 0 Å². The molecule has 2 atom stereocenters. The third kappa shape index (κ3) is 3.09. The van der Waals surface area contributed by atoms with Crippen LogP contribution in [0.1, 0.15) is 54.4 Å². The first-order chi connectivity index (χ1) is 6.38. The van der Waals surface area contributed by atoms with Gasteiger partial charge in [0.2, 0.25) is 0 Å². The van der Waals surface area contributed by atoms with E-state index in [0.29, 0.717) is 6.04 Å². The van der Waals surface area contributed by atoms with E-state index in [1.807, 2.05) is 27.7 Å². The highest BCUT2D eigenvalue weighted by Gasteiger charge is 2.32. The second kappa shape index (κ2) is 5.50. The van der Waals surface area contributed by atoms with E-state index in [9.17, 15) is 5.11 Å². The molecule has 0 aromatic heterocycles. The molecule has 2 heteroatoms. The van der Waals surface area contributed by atoms with Crippen molar-refractivity contribution in [2.45, 2.75) is 66.0 Å². The van der Waals surface area contributed by atoms with Gasteiger partial charge in [-0.1, -0.05) is 27.7 Å². The van der Waals surface area contributed by atoms with Crippen LogP contribution in [0.5, 0.6) is 0 Å². The Morgan fingerprint density at radius 3 is 2.07 bits per heavy atom. The summed E-state index contributed by atoms with van der Waals surface area (Å²) in [5, 5.41) is 10.4. The molecule has 0 aliphatic carbocycles. The minimum absolute atomic E-state index is 0.223. The van der Waals surface area contributed by atoms with Gasteiger partial charge in [-0.15, -0.1) is 0 Å². The summed E-state index contributed by atoms with van der Waals surface area (Å²) < 4.78 is 0. The maximum Gasteiger partial charge on any atom is 0.104 e. The van der Waals surface area contributed by atoms with Gasteiger partial charge in [0, 0.05) is 11.8 Å². The molecule has 2 unspecified atom stereocenters. The van der Waals surface area contributed by atoms with E-state index in [-0.39, 0.29) is 5.92 Å². The molecule has 0 aromatic carbocycles. The van der Waals surface area contributed by atoms with Crippen molar-refractivity contribution in [2.24, 2.45) is 10.9 Å².